The molecular weight excluding hydrogens is 462 g/mol. The number of nitrogen functional groups attached to an aromatic ring is 1. The Hall–Kier alpha value is -4.59. The smallest absolute Gasteiger partial charge is 0.229 e. The zero-order chi connectivity index (χ0) is 25.5. The molecule has 0 spiro atoms. The summed E-state index contributed by atoms with van der Waals surface area (Å²) in [6.45, 7) is 2.06. The molecule has 8 nitrogen and oxygen atoms in total. The molecule has 1 amide bonds. The Morgan fingerprint density at radius 3 is 2.76 bits per heavy atom. The van der Waals surface area contributed by atoms with Crippen LogP contribution in [0.2, 0.25) is 0 Å². The third-order valence-electron chi connectivity index (χ3n) is 6.98. The van der Waals surface area contributed by atoms with Crippen molar-refractivity contribution >= 4 is 28.3 Å². The van der Waals surface area contributed by atoms with Crippen LogP contribution < -0.4 is 11.1 Å². The number of benzene rings is 1. The molecule has 1 aromatic carbocycles. The van der Waals surface area contributed by atoms with Crippen LogP contribution in [-0.2, 0) is 18.3 Å². The number of rotatable bonds is 6. The van der Waals surface area contributed by atoms with Gasteiger partial charge in [-0.3, -0.25) is 14.5 Å². The van der Waals surface area contributed by atoms with Gasteiger partial charge in [0.15, 0.2) is 0 Å². The number of carbonyl (C=O) groups excluding carboxylic acids is 1. The molecular formula is C29H27N7O. The summed E-state index contributed by atoms with van der Waals surface area (Å²) in [5.41, 5.74) is 12.4. The lowest BCUT2D eigenvalue weighted by molar-refractivity contribution is -0.117. The normalized spacial score (nSPS) is 16.6. The minimum Gasteiger partial charge on any atom is -0.383 e. The van der Waals surface area contributed by atoms with E-state index in [9.17, 15) is 4.79 Å². The van der Waals surface area contributed by atoms with Crippen LogP contribution in [0.4, 0.5) is 11.6 Å². The molecule has 1 aliphatic rings. The zero-order valence-corrected chi connectivity index (χ0v) is 20.7. The fourth-order valence-corrected chi connectivity index (χ4v) is 4.96. The number of nitrogens with one attached hydrogen (secondary N) is 1. The summed E-state index contributed by atoms with van der Waals surface area (Å²) >= 11 is 0. The Labute approximate surface area is 214 Å². The fourth-order valence-electron chi connectivity index (χ4n) is 4.96. The van der Waals surface area contributed by atoms with Gasteiger partial charge in [-0.2, -0.15) is 5.10 Å². The standard InChI is InChI=1S/C29H27N7O/c1-17-8-9-31-24(10-18-6-4-3-5-7-18)27(17)25-11-19-12-26(32-15-23(19)28(30)34-25)35-29(37)22-13-21(22)20-14-33-36(2)16-20/h3-9,11-12,14-16,21-22H,10,13H2,1-2H3,(H2,30,34)(H,32,35,37). The van der Waals surface area contributed by atoms with Crippen LogP contribution >= 0.6 is 0 Å². The highest BCUT2D eigenvalue weighted by molar-refractivity contribution is 5.99. The second-order valence-electron chi connectivity index (χ2n) is 9.68. The zero-order valence-electron chi connectivity index (χ0n) is 20.7. The molecule has 4 heterocycles. The Balaban J connectivity index is 1.30. The SMILES string of the molecule is Cc1ccnc(Cc2ccccc2)c1-c1cc2cc(NC(=O)C3CC3c3cnn(C)c3)ncc2c(N)n1. The van der Waals surface area contributed by atoms with Gasteiger partial charge >= 0.3 is 0 Å². The average Bonchev–Trinajstić information content (AvgIpc) is 3.57. The minimum absolute atomic E-state index is 0.0313. The van der Waals surface area contributed by atoms with Crippen molar-refractivity contribution in [3.63, 3.8) is 0 Å². The van der Waals surface area contributed by atoms with Crippen LogP contribution in [0.5, 0.6) is 0 Å². The first-order chi connectivity index (χ1) is 18.0. The van der Waals surface area contributed by atoms with Gasteiger partial charge in [-0.25, -0.2) is 9.97 Å². The second kappa shape index (κ2) is 9.13. The highest BCUT2D eigenvalue weighted by Gasteiger charge is 2.44. The molecule has 1 saturated carbocycles. The van der Waals surface area contributed by atoms with Crippen molar-refractivity contribution in [1.82, 2.24) is 24.7 Å². The molecule has 3 N–H and O–H groups in total. The number of nitrogens with two attached hydrogens (primary N) is 1. The number of hydrogen-bond acceptors (Lipinski definition) is 6. The van der Waals surface area contributed by atoms with Gasteiger partial charge in [-0.1, -0.05) is 30.3 Å². The van der Waals surface area contributed by atoms with Crippen LogP contribution in [0.1, 0.15) is 34.7 Å². The van der Waals surface area contributed by atoms with E-state index in [1.807, 2.05) is 62.0 Å². The summed E-state index contributed by atoms with van der Waals surface area (Å²) in [5, 5.41) is 8.81. The molecule has 1 aliphatic carbocycles. The number of anilines is 2. The Bertz CT molecular complexity index is 1630. The lowest BCUT2D eigenvalue weighted by atomic mass is 9.98. The van der Waals surface area contributed by atoms with Crippen molar-refractivity contribution in [2.75, 3.05) is 11.1 Å². The first-order valence-electron chi connectivity index (χ1n) is 12.3. The number of fused-ring (bicyclic) bond motifs is 1. The number of carbonyl (C=O) groups is 1. The number of amides is 1. The van der Waals surface area contributed by atoms with Crippen LogP contribution in [0.15, 0.2) is 73.3 Å². The molecule has 4 aromatic heterocycles. The summed E-state index contributed by atoms with van der Waals surface area (Å²) in [6, 6.07) is 16.1. The van der Waals surface area contributed by atoms with Crippen molar-refractivity contribution in [3.05, 3.63) is 95.7 Å². The van der Waals surface area contributed by atoms with Crippen LogP contribution in [0.25, 0.3) is 22.0 Å². The maximum atomic E-state index is 12.9. The lowest BCUT2D eigenvalue weighted by Gasteiger charge is -2.14. The number of hydrogen-bond donors (Lipinski definition) is 2. The summed E-state index contributed by atoms with van der Waals surface area (Å²) < 4.78 is 1.76. The molecule has 6 rings (SSSR count). The minimum atomic E-state index is -0.0710. The molecule has 8 heteroatoms. The van der Waals surface area contributed by atoms with E-state index in [0.717, 1.165) is 45.3 Å². The Morgan fingerprint density at radius 2 is 1.97 bits per heavy atom. The number of aryl methyl sites for hydroxylation is 2. The van der Waals surface area contributed by atoms with Gasteiger partial charge in [0, 0.05) is 48.9 Å². The van der Waals surface area contributed by atoms with E-state index in [0.29, 0.717) is 18.1 Å². The molecule has 1 fully saturated rings. The maximum Gasteiger partial charge on any atom is 0.229 e. The van der Waals surface area contributed by atoms with Gasteiger partial charge < -0.3 is 11.1 Å². The molecule has 184 valence electrons. The molecule has 37 heavy (non-hydrogen) atoms. The summed E-state index contributed by atoms with van der Waals surface area (Å²) in [5.74, 6) is 0.996. The average molecular weight is 490 g/mol. The van der Waals surface area contributed by atoms with E-state index in [1.165, 1.54) is 5.56 Å². The molecule has 2 atom stereocenters. The predicted molar refractivity (Wildman–Crippen MR) is 144 cm³/mol. The quantitative estimate of drug-likeness (QED) is 0.359. The predicted octanol–water partition coefficient (Wildman–Crippen LogP) is 4.65. The highest BCUT2D eigenvalue weighted by Crippen LogP contribution is 2.47. The van der Waals surface area contributed by atoms with Crippen LogP contribution in [-0.4, -0.2) is 30.6 Å². The van der Waals surface area contributed by atoms with Gasteiger partial charge in [-0.05, 0) is 59.5 Å². The summed E-state index contributed by atoms with van der Waals surface area (Å²) in [7, 11) is 1.88. The van der Waals surface area contributed by atoms with Crippen molar-refractivity contribution in [1.29, 1.82) is 0 Å². The van der Waals surface area contributed by atoms with Crippen molar-refractivity contribution in [2.45, 2.75) is 25.7 Å². The van der Waals surface area contributed by atoms with Crippen LogP contribution in [0, 0.1) is 12.8 Å². The van der Waals surface area contributed by atoms with E-state index < -0.39 is 0 Å². The van der Waals surface area contributed by atoms with Crippen molar-refractivity contribution < 1.29 is 4.79 Å². The third kappa shape index (κ3) is 4.53. The first kappa shape index (κ1) is 22.8. The maximum absolute atomic E-state index is 12.9. The largest absolute Gasteiger partial charge is 0.383 e. The second-order valence-corrected chi connectivity index (χ2v) is 9.68. The van der Waals surface area contributed by atoms with Gasteiger partial charge in [0.2, 0.25) is 5.91 Å². The molecule has 2 unspecified atom stereocenters. The number of pyridine rings is 3. The lowest BCUT2D eigenvalue weighted by Crippen LogP contribution is -2.15. The Morgan fingerprint density at radius 1 is 1.14 bits per heavy atom. The van der Waals surface area contributed by atoms with E-state index in [4.69, 9.17) is 10.7 Å². The van der Waals surface area contributed by atoms with E-state index in [-0.39, 0.29) is 17.7 Å². The van der Waals surface area contributed by atoms with Gasteiger partial charge in [-0.15, -0.1) is 0 Å². The monoisotopic (exact) mass is 489 g/mol. The topological polar surface area (TPSA) is 112 Å². The Kier molecular flexibility index (Phi) is 5.64. The fraction of sp³-hybridized carbons (Fsp3) is 0.207. The third-order valence-corrected chi connectivity index (χ3v) is 6.98. The van der Waals surface area contributed by atoms with Gasteiger partial charge in [0.25, 0.3) is 0 Å². The number of aromatic nitrogens is 5. The molecule has 5 aromatic rings. The van der Waals surface area contributed by atoms with E-state index >= 15 is 0 Å². The summed E-state index contributed by atoms with van der Waals surface area (Å²) in [6.07, 6.45) is 8.80. The summed E-state index contributed by atoms with van der Waals surface area (Å²) in [4.78, 5) is 26.7. The van der Waals surface area contributed by atoms with Crippen LogP contribution in [0.3, 0.4) is 0 Å². The molecule has 0 radical (unpaired) electrons. The van der Waals surface area contributed by atoms with E-state index in [2.05, 4.69) is 39.4 Å². The van der Waals surface area contributed by atoms with E-state index in [1.54, 1.807) is 10.9 Å². The van der Waals surface area contributed by atoms with Crippen molar-refractivity contribution in [2.24, 2.45) is 13.0 Å². The van der Waals surface area contributed by atoms with Gasteiger partial charge in [0.1, 0.15) is 11.6 Å². The highest BCUT2D eigenvalue weighted by atomic mass is 16.2. The molecule has 0 aliphatic heterocycles. The molecule has 0 saturated heterocycles. The van der Waals surface area contributed by atoms with Crippen molar-refractivity contribution in [3.8, 4) is 11.3 Å². The first-order valence-corrected chi connectivity index (χ1v) is 12.3. The van der Waals surface area contributed by atoms with Gasteiger partial charge in [0.05, 0.1) is 17.6 Å². The molecule has 0 bridgehead atoms. The number of nitrogens with zero attached hydrogens (tertiary/aromatic N) is 5.